The lowest BCUT2D eigenvalue weighted by Gasteiger charge is -2.00. The molecule has 2 rings (SSSR count). The first-order valence-electron chi connectivity index (χ1n) is 3.72. The first-order chi connectivity index (χ1) is 6.24. The lowest BCUT2D eigenvalue weighted by Crippen LogP contribution is -1.82. The standard InChI is InChI=1S/C9H7BrOS2/c10-6-2-1-5(3-11)9-8(6)7(12)4-13-9/h1-2,4,11-12H,3H2. The van der Waals surface area contributed by atoms with Crippen molar-refractivity contribution < 1.29 is 5.11 Å². The molecule has 0 aliphatic heterocycles. The monoisotopic (exact) mass is 274 g/mol. The topological polar surface area (TPSA) is 20.2 Å². The second-order valence-corrected chi connectivity index (χ2v) is 4.91. The van der Waals surface area contributed by atoms with Gasteiger partial charge in [-0.1, -0.05) is 22.0 Å². The molecule has 68 valence electrons. The smallest absolute Gasteiger partial charge is 0.0695 e. The maximum absolute atomic E-state index is 9.10. The molecule has 0 radical (unpaired) electrons. The number of rotatable bonds is 1. The van der Waals surface area contributed by atoms with Crippen molar-refractivity contribution in [3.63, 3.8) is 0 Å². The van der Waals surface area contributed by atoms with E-state index >= 15 is 0 Å². The Morgan fingerprint density at radius 1 is 1.46 bits per heavy atom. The molecule has 0 atom stereocenters. The summed E-state index contributed by atoms with van der Waals surface area (Å²) in [6.45, 7) is 0.0809. The summed E-state index contributed by atoms with van der Waals surface area (Å²) in [7, 11) is 0. The number of thiophene rings is 1. The fourth-order valence-corrected chi connectivity index (χ4v) is 3.54. The Balaban J connectivity index is 2.87. The minimum atomic E-state index is 0.0809. The molecular weight excluding hydrogens is 268 g/mol. The molecule has 0 saturated carbocycles. The largest absolute Gasteiger partial charge is 0.392 e. The third-order valence-corrected chi connectivity index (χ3v) is 4.15. The van der Waals surface area contributed by atoms with Crippen molar-refractivity contribution in [2.24, 2.45) is 0 Å². The van der Waals surface area contributed by atoms with Gasteiger partial charge in [-0.25, -0.2) is 0 Å². The van der Waals surface area contributed by atoms with Crippen molar-refractivity contribution in [1.82, 2.24) is 0 Å². The zero-order chi connectivity index (χ0) is 9.42. The van der Waals surface area contributed by atoms with E-state index in [4.69, 9.17) is 5.11 Å². The average Bonchev–Trinajstić information content (AvgIpc) is 2.50. The number of hydrogen-bond acceptors (Lipinski definition) is 3. The Kier molecular flexibility index (Phi) is 2.65. The van der Waals surface area contributed by atoms with Crippen LogP contribution in [0.5, 0.6) is 0 Å². The summed E-state index contributed by atoms with van der Waals surface area (Å²) in [5.74, 6) is 0. The number of aliphatic hydroxyl groups is 1. The van der Waals surface area contributed by atoms with E-state index < -0.39 is 0 Å². The first kappa shape index (κ1) is 9.52. The molecular formula is C9H7BrOS2. The number of thiol groups is 1. The highest BCUT2D eigenvalue weighted by molar-refractivity contribution is 9.10. The van der Waals surface area contributed by atoms with Crippen LogP contribution in [0.3, 0.4) is 0 Å². The lowest BCUT2D eigenvalue weighted by atomic mass is 10.2. The van der Waals surface area contributed by atoms with E-state index in [2.05, 4.69) is 28.6 Å². The second kappa shape index (κ2) is 3.61. The summed E-state index contributed by atoms with van der Waals surface area (Å²) in [4.78, 5) is 0.960. The van der Waals surface area contributed by atoms with Gasteiger partial charge in [0, 0.05) is 24.8 Å². The summed E-state index contributed by atoms with van der Waals surface area (Å²) in [5.41, 5.74) is 0.962. The summed E-state index contributed by atoms with van der Waals surface area (Å²) in [5, 5.41) is 12.2. The maximum atomic E-state index is 9.10. The van der Waals surface area contributed by atoms with E-state index in [1.54, 1.807) is 11.3 Å². The van der Waals surface area contributed by atoms with E-state index in [-0.39, 0.29) is 6.61 Å². The highest BCUT2D eigenvalue weighted by atomic mass is 79.9. The normalized spacial score (nSPS) is 11.0. The molecule has 0 unspecified atom stereocenters. The van der Waals surface area contributed by atoms with Gasteiger partial charge in [0.1, 0.15) is 0 Å². The highest BCUT2D eigenvalue weighted by Crippen LogP contribution is 2.36. The number of benzene rings is 1. The van der Waals surface area contributed by atoms with E-state index in [0.717, 1.165) is 25.0 Å². The summed E-state index contributed by atoms with van der Waals surface area (Å²) in [6.07, 6.45) is 0. The Morgan fingerprint density at radius 2 is 2.23 bits per heavy atom. The number of halogens is 1. The molecule has 0 amide bonds. The van der Waals surface area contributed by atoms with Crippen molar-refractivity contribution in [3.05, 3.63) is 27.5 Å². The molecule has 1 N–H and O–H groups in total. The van der Waals surface area contributed by atoms with Crippen LogP contribution < -0.4 is 0 Å². The van der Waals surface area contributed by atoms with Crippen LogP contribution in [-0.4, -0.2) is 5.11 Å². The zero-order valence-corrected chi connectivity index (χ0v) is 9.92. The Morgan fingerprint density at radius 3 is 2.92 bits per heavy atom. The van der Waals surface area contributed by atoms with Gasteiger partial charge < -0.3 is 5.11 Å². The molecule has 1 nitrogen and oxygen atoms in total. The van der Waals surface area contributed by atoms with Gasteiger partial charge in [0.2, 0.25) is 0 Å². The fourth-order valence-electron chi connectivity index (χ4n) is 1.27. The third-order valence-electron chi connectivity index (χ3n) is 1.90. The Bertz CT molecular complexity index is 450. The lowest BCUT2D eigenvalue weighted by molar-refractivity contribution is 0.283. The van der Waals surface area contributed by atoms with Gasteiger partial charge in [-0.15, -0.1) is 24.0 Å². The molecule has 0 bridgehead atoms. The van der Waals surface area contributed by atoms with Crippen LogP contribution in [0.4, 0.5) is 0 Å². The first-order valence-corrected chi connectivity index (χ1v) is 5.84. The number of hydrogen-bond donors (Lipinski definition) is 2. The SMILES string of the molecule is OCc1ccc(Br)c2c(S)csc12. The fraction of sp³-hybridized carbons (Fsp3) is 0.111. The van der Waals surface area contributed by atoms with E-state index in [1.165, 1.54) is 0 Å². The van der Waals surface area contributed by atoms with Crippen LogP contribution in [0.1, 0.15) is 5.56 Å². The minimum absolute atomic E-state index is 0.0809. The van der Waals surface area contributed by atoms with Crippen molar-refractivity contribution in [2.75, 3.05) is 0 Å². The van der Waals surface area contributed by atoms with Crippen LogP contribution in [-0.2, 0) is 6.61 Å². The molecule has 0 fully saturated rings. The van der Waals surface area contributed by atoms with Gasteiger partial charge in [-0.2, -0.15) is 0 Å². The summed E-state index contributed by atoms with van der Waals surface area (Å²) >= 11 is 9.44. The predicted octanol–water partition coefficient (Wildman–Crippen LogP) is 3.44. The highest BCUT2D eigenvalue weighted by Gasteiger charge is 2.08. The summed E-state index contributed by atoms with van der Waals surface area (Å²) < 4.78 is 2.15. The number of aliphatic hydroxyl groups excluding tert-OH is 1. The molecule has 0 aliphatic carbocycles. The Labute approximate surface area is 93.9 Å². The van der Waals surface area contributed by atoms with Crippen molar-refractivity contribution >= 4 is 50.0 Å². The van der Waals surface area contributed by atoms with Gasteiger partial charge in [0.25, 0.3) is 0 Å². The third kappa shape index (κ3) is 1.52. The van der Waals surface area contributed by atoms with E-state index in [1.807, 2.05) is 17.5 Å². The molecule has 2 aromatic rings. The van der Waals surface area contributed by atoms with Gasteiger partial charge >= 0.3 is 0 Å². The van der Waals surface area contributed by atoms with Crippen LogP contribution in [0.25, 0.3) is 10.1 Å². The van der Waals surface area contributed by atoms with Crippen LogP contribution in [0.15, 0.2) is 26.9 Å². The van der Waals surface area contributed by atoms with Crippen molar-refractivity contribution in [2.45, 2.75) is 11.5 Å². The van der Waals surface area contributed by atoms with Gasteiger partial charge in [-0.05, 0) is 11.6 Å². The van der Waals surface area contributed by atoms with Crippen molar-refractivity contribution in [3.8, 4) is 0 Å². The molecule has 1 aromatic carbocycles. The molecule has 13 heavy (non-hydrogen) atoms. The molecule has 1 heterocycles. The maximum Gasteiger partial charge on any atom is 0.0695 e. The van der Waals surface area contributed by atoms with Gasteiger partial charge in [-0.3, -0.25) is 0 Å². The van der Waals surface area contributed by atoms with Gasteiger partial charge in [0.15, 0.2) is 0 Å². The molecule has 0 spiro atoms. The predicted molar refractivity (Wildman–Crippen MR) is 62.7 cm³/mol. The minimum Gasteiger partial charge on any atom is -0.392 e. The van der Waals surface area contributed by atoms with Crippen LogP contribution >= 0.6 is 39.9 Å². The van der Waals surface area contributed by atoms with Crippen LogP contribution in [0.2, 0.25) is 0 Å². The molecule has 4 heteroatoms. The number of fused-ring (bicyclic) bond motifs is 1. The van der Waals surface area contributed by atoms with E-state index in [9.17, 15) is 0 Å². The molecule has 0 saturated heterocycles. The van der Waals surface area contributed by atoms with Crippen LogP contribution in [0, 0.1) is 0 Å². The van der Waals surface area contributed by atoms with E-state index in [0.29, 0.717) is 0 Å². The molecule has 1 aromatic heterocycles. The Hall–Kier alpha value is -0.0300. The van der Waals surface area contributed by atoms with Gasteiger partial charge in [0.05, 0.1) is 6.61 Å². The molecule has 0 aliphatic rings. The summed E-state index contributed by atoms with van der Waals surface area (Å²) in [6, 6.07) is 3.87. The average molecular weight is 275 g/mol. The second-order valence-electron chi connectivity index (χ2n) is 2.69. The zero-order valence-electron chi connectivity index (χ0n) is 6.62. The quantitative estimate of drug-likeness (QED) is 0.764. The van der Waals surface area contributed by atoms with Crippen molar-refractivity contribution in [1.29, 1.82) is 0 Å².